The lowest BCUT2D eigenvalue weighted by Crippen LogP contribution is -2.54. The molecule has 1 aromatic rings. The van der Waals surface area contributed by atoms with E-state index in [0.29, 0.717) is 12.4 Å². The Morgan fingerprint density at radius 2 is 2.20 bits per heavy atom. The van der Waals surface area contributed by atoms with Gasteiger partial charge in [0.1, 0.15) is 5.82 Å². The van der Waals surface area contributed by atoms with Crippen LogP contribution in [0.3, 0.4) is 0 Å². The number of nitrogens with two attached hydrogens (primary N) is 1. The second-order valence-electron chi connectivity index (χ2n) is 5.29. The van der Waals surface area contributed by atoms with E-state index in [1.165, 1.54) is 18.6 Å². The van der Waals surface area contributed by atoms with Gasteiger partial charge in [-0.3, -0.25) is 10.1 Å². The van der Waals surface area contributed by atoms with Crippen LogP contribution >= 0.6 is 0 Å². The average Bonchev–Trinajstić information content (AvgIpc) is 2.36. The molecule has 4 N–H and O–H groups in total. The van der Waals surface area contributed by atoms with Crippen LogP contribution in [0, 0.1) is 10.1 Å². The van der Waals surface area contributed by atoms with Crippen molar-refractivity contribution in [2.45, 2.75) is 24.8 Å². The van der Waals surface area contributed by atoms with E-state index in [-0.39, 0.29) is 17.0 Å². The number of nitrogens with one attached hydrogen (secondary N) is 2. The zero-order valence-electron chi connectivity index (χ0n) is 11.7. The molecule has 1 heterocycles. The maximum atomic E-state index is 11.0. The Kier molecular flexibility index (Phi) is 4.05. The molecule has 0 radical (unpaired) electrons. The van der Waals surface area contributed by atoms with Gasteiger partial charge in [0.15, 0.2) is 0 Å². The molecule has 0 spiro atoms. The van der Waals surface area contributed by atoms with Gasteiger partial charge < -0.3 is 15.6 Å². The molecule has 0 amide bonds. The monoisotopic (exact) mass is 280 g/mol. The first kappa shape index (κ1) is 14.5. The molecule has 20 heavy (non-hydrogen) atoms. The van der Waals surface area contributed by atoms with Gasteiger partial charge in [-0.2, -0.15) is 0 Å². The third kappa shape index (κ3) is 2.66. The van der Waals surface area contributed by atoms with Crippen molar-refractivity contribution in [1.29, 1.82) is 0 Å². The maximum Gasteiger partial charge on any atom is 0.311 e. The molecule has 1 saturated carbocycles. The maximum absolute atomic E-state index is 11.0. The number of nitro groups is 1. The second kappa shape index (κ2) is 5.59. The van der Waals surface area contributed by atoms with Crippen molar-refractivity contribution in [1.82, 2.24) is 9.88 Å². The van der Waals surface area contributed by atoms with Crippen molar-refractivity contribution in [3.8, 4) is 0 Å². The number of anilines is 2. The summed E-state index contributed by atoms with van der Waals surface area (Å²) in [7, 11) is 4.06. The lowest BCUT2D eigenvalue weighted by atomic mass is 9.75. The highest BCUT2D eigenvalue weighted by Crippen LogP contribution is 2.36. The summed E-state index contributed by atoms with van der Waals surface area (Å²) in [5.41, 5.74) is 2.41. The lowest BCUT2D eigenvalue weighted by Gasteiger charge is -2.47. The summed E-state index contributed by atoms with van der Waals surface area (Å²) in [6.07, 6.45) is 3.34. The van der Waals surface area contributed by atoms with Crippen LogP contribution in [-0.4, -0.2) is 41.0 Å². The third-order valence-electron chi connectivity index (χ3n) is 4.04. The summed E-state index contributed by atoms with van der Waals surface area (Å²) in [4.78, 5) is 16.9. The van der Waals surface area contributed by atoms with Crippen LogP contribution in [0.4, 0.5) is 17.3 Å². The molecule has 1 fully saturated rings. The highest BCUT2D eigenvalue weighted by molar-refractivity contribution is 5.60. The van der Waals surface area contributed by atoms with E-state index >= 15 is 0 Å². The van der Waals surface area contributed by atoms with E-state index < -0.39 is 4.92 Å². The van der Waals surface area contributed by atoms with E-state index in [1.807, 2.05) is 14.1 Å². The summed E-state index contributed by atoms with van der Waals surface area (Å²) in [6, 6.07) is 2.88. The fourth-order valence-electron chi connectivity index (χ4n) is 2.42. The zero-order chi connectivity index (χ0) is 14.8. The van der Waals surface area contributed by atoms with Crippen molar-refractivity contribution >= 4 is 17.3 Å². The number of hydrogen-bond donors (Lipinski definition) is 3. The molecule has 1 aliphatic rings. The molecular weight excluding hydrogens is 260 g/mol. The Labute approximate surface area is 117 Å². The lowest BCUT2D eigenvalue weighted by molar-refractivity contribution is -0.384. The second-order valence-corrected chi connectivity index (χ2v) is 5.29. The van der Waals surface area contributed by atoms with E-state index in [1.54, 1.807) is 0 Å². The number of pyridine rings is 1. The van der Waals surface area contributed by atoms with Crippen LogP contribution in [0.25, 0.3) is 0 Å². The summed E-state index contributed by atoms with van der Waals surface area (Å²) in [5.74, 6) is 5.94. The number of hydrazine groups is 1. The van der Waals surface area contributed by atoms with Gasteiger partial charge in [0.25, 0.3) is 0 Å². The number of likely N-dealkylation sites (N-methyl/N-ethyl adjacent to an activating group) is 1. The summed E-state index contributed by atoms with van der Waals surface area (Å²) >= 11 is 0. The molecule has 0 atom stereocenters. The summed E-state index contributed by atoms with van der Waals surface area (Å²) in [6.45, 7) is 0.627. The Hall–Kier alpha value is -1.93. The van der Waals surface area contributed by atoms with Gasteiger partial charge in [-0.15, -0.1) is 0 Å². The average molecular weight is 280 g/mol. The summed E-state index contributed by atoms with van der Waals surface area (Å²) in [5, 5.41) is 14.1. The molecule has 110 valence electrons. The van der Waals surface area contributed by atoms with Gasteiger partial charge >= 0.3 is 5.69 Å². The van der Waals surface area contributed by atoms with Gasteiger partial charge in [0.05, 0.1) is 4.92 Å². The van der Waals surface area contributed by atoms with Gasteiger partial charge in [0.2, 0.25) is 5.82 Å². The van der Waals surface area contributed by atoms with E-state index in [0.717, 1.165) is 12.8 Å². The normalized spacial score (nSPS) is 16.6. The van der Waals surface area contributed by atoms with E-state index in [4.69, 9.17) is 5.84 Å². The van der Waals surface area contributed by atoms with Crippen LogP contribution in [0.2, 0.25) is 0 Å². The smallest absolute Gasteiger partial charge is 0.311 e. The zero-order valence-corrected chi connectivity index (χ0v) is 11.7. The molecule has 2 rings (SSSR count). The number of nitrogen functional groups attached to an aromatic ring is 1. The minimum Gasteiger partial charge on any atom is -0.362 e. The molecule has 0 aliphatic heterocycles. The van der Waals surface area contributed by atoms with Crippen LogP contribution in [0.15, 0.2) is 12.1 Å². The van der Waals surface area contributed by atoms with Crippen LogP contribution < -0.4 is 16.6 Å². The topological polar surface area (TPSA) is 109 Å². The van der Waals surface area contributed by atoms with Crippen LogP contribution in [0.1, 0.15) is 19.3 Å². The first-order chi connectivity index (χ1) is 9.48. The van der Waals surface area contributed by atoms with Crippen LogP contribution in [0.5, 0.6) is 0 Å². The van der Waals surface area contributed by atoms with Gasteiger partial charge in [-0.25, -0.2) is 10.8 Å². The number of hydrogen-bond acceptors (Lipinski definition) is 7. The van der Waals surface area contributed by atoms with Crippen molar-refractivity contribution in [3.63, 3.8) is 0 Å². The number of nitrogens with zero attached hydrogens (tertiary/aromatic N) is 3. The standard InChI is InChI=1S/C12H20N6O2/c1-17(2)12(6-3-7-12)8-14-11-9(18(19)20)4-5-10(15-11)16-13/h4-5H,3,6-8,13H2,1-2H3,(H2,14,15,16). The van der Waals surface area contributed by atoms with Gasteiger partial charge in [-0.1, -0.05) is 0 Å². The number of aromatic nitrogens is 1. The minimum absolute atomic E-state index is 0.0442. The van der Waals surface area contributed by atoms with Crippen molar-refractivity contribution in [3.05, 3.63) is 22.2 Å². The predicted octanol–water partition coefficient (Wildman–Crippen LogP) is 1.17. The Morgan fingerprint density at radius 1 is 1.50 bits per heavy atom. The minimum atomic E-state index is -0.446. The molecule has 0 aromatic carbocycles. The summed E-state index contributed by atoms with van der Waals surface area (Å²) < 4.78 is 0. The number of rotatable bonds is 6. The quantitative estimate of drug-likeness (QED) is 0.407. The largest absolute Gasteiger partial charge is 0.362 e. The molecule has 0 saturated heterocycles. The van der Waals surface area contributed by atoms with Crippen molar-refractivity contribution < 1.29 is 4.92 Å². The SMILES string of the molecule is CN(C)C1(CNc2nc(NN)ccc2[N+](=O)[O-])CCC1. The molecule has 1 aliphatic carbocycles. The molecule has 0 unspecified atom stereocenters. The predicted molar refractivity (Wildman–Crippen MR) is 77.5 cm³/mol. The Morgan fingerprint density at radius 3 is 2.65 bits per heavy atom. The fraction of sp³-hybridized carbons (Fsp3) is 0.583. The highest BCUT2D eigenvalue weighted by atomic mass is 16.6. The van der Waals surface area contributed by atoms with E-state index in [9.17, 15) is 10.1 Å². The molecule has 1 aromatic heterocycles. The Bertz CT molecular complexity index is 501. The third-order valence-corrected chi connectivity index (χ3v) is 4.04. The Balaban J connectivity index is 2.17. The van der Waals surface area contributed by atoms with Gasteiger partial charge in [-0.05, 0) is 39.4 Å². The first-order valence-electron chi connectivity index (χ1n) is 6.52. The fourth-order valence-corrected chi connectivity index (χ4v) is 2.42. The van der Waals surface area contributed by atoms with Crippen molar-refractivity contribution in [2.24, 2.45) is 5.84 Å². The highest BCUT2D eigenvalue weighted by Gasteiger charge is 2.39. The first-order valence-corrected chi connectivity index (χ1v) is 6.52. The molecule has 8 heteroatoms. The molecular formula is C12H20N6O2. The van der Waals surface area contributed by atoms with E-state index in [2.05, 4.69) is 20.6 Å². The van der Waals surface area contributed by atoms with Gasteiger partial charge in [0, 0.05) is 18.2 Å². The van der Waals surface area contributed by atoms with Crippen LogP contribution in [-0.2, 0) is 0 Å². The van der Waals surface area contributed by atoms with Crippen molar-refractivity contribution in [2.75, 3.05) is 31.4 Å². The molecule has 0 bridgehead atoms. The molecule has 8 nitrogen and oxygen atoms in total.